The molecule has 0 saturated carbocycles. The lowest BCUT2D eigenvalue weighted by molar-refractivity contribution is -0.160. The van der Waals surface area contributed by atoms with Crippen LogP contribution in [0, 0.1) is 5.92 Å². The van der Waals surface area contributed by atoms with Crippen molar-refractivity contribution in [3.63, 3.8) is 0 Å². The molecule has 4 saturated heterocycles. The number of hydrogen-bond acceptors (Lipinski definition) is 5. The third kappa shape index (κ3) is 1.39. The molecule has 4 bridgehead atoms. The molecule has 4 aliphatic rings. The van der Waals surface area contributed by atoms with Crippen LogP contribution < -0.4 is 5.73 Å². The SMILES string of the molecule is NCC1(O)C2CN3CCN(C2)CC1(c1ccco1)C3. The average molecular weight is 263 g/mol. The first-order chi connectivity index (χ1) is 9.18. The Balaban J connectivity index is 1.89. The summed E-state index contributed by atoms with van der Waals surface area (Å²) in [4.78, 5) is 4.93. The first-order valence-electron chi connectivity index (χ1n) is 7.09. The summed E-state index contributed by atoms with van der Waals surface area (Å²) in [6.07, 6.45) is 1.70. The van der Waals surface area contributed by atoms with Crippen LogP contribution in [-0.4, -0.2) is 66.3 Å². The summed E-state index contributed by atoms with van der Waals surface area (Å²) in [5, 5.41) is 11.3. The second-order valence-electron chi connectivity index (χ2n) is 6.35. The first kappa shape index (κ1) is 11.9. The lowest BCUT2D eigenvalue weighted by Gasteiger charge is -2.59. The second kappa shape index (κ2) is 3.82. The summed E-state index contributed by atoms with van der Waals surface area (Å²) in [6, 6.07) is 3.90. The quantitative estimate of drug-likeness (QED) is 0.751. The maximum atomic E-state index is 11.3. The number of hydrogen-bond donors (Lipinski definition) is 2. The molecular formula is C14H21N3O2. The summed E-state index contributed by atoms with van der Waals surface area (Å²) >= 11 is 0. The van der Waals surface area contributed by atoms with Crippen molar-refractivity contribution in [2.24, 2.45) is 11.7 Å². The number of nitrogens with zero attached hydrogens (tertiary/aromatic N) is 2. The molecule has 5 heteroatoms. The lowest BCUT2D eigenvalue weighted by Crippen LogP contribution is -2.75. The van der Waals surface area contributed by atoms with Gasteiger partial charge in [0.15, 0.2) is 0 Å². The zero-order valence-corrected chi connectivity index (χ0v) is 11.1. The van der Waals surface area contributed by atoms with E-state index in [-0.39, 0.29) is 11.3 Å². The number of nitrogens with two attached hydrogens (primary N) is 1. The Morgan fingerprint density at radius 1 is 1.32 bits per heavy atom. The number of aliphatic hydroxyl groups is 1. The smallest absolute Gasteiger partial charge is 0.115 e. The van der Waals surface area contributed by atoms with Crippen molar-refractivity contribution < 1.29 is 9.52 Å². The van der Waals surface area contributed by atoms with Crippen molar-refractivity contribution in [1.82, 2.24) is 9.80 Å². The van der Waals surface area contributed by atoms with E-state index in [0.717, 1.165) is 45.0 Å². The Kier molecular flexibility index (Phi) is 2.39. The van der Waals surface area contributed by atoms with Gasteiger partial charge in [0, 0.05) is 51.7 Å². The Bertz CT molecular complexity index is 459. The highest BCUT2D eigenvalue weighted by molar-refractivity contribution is 5.30. The van der Waals surface area contributed by atoms with Gasteiger partial charge in [0.2, 0.25) is 0 Å². The molecule has 1 aromatic rings. The third-order valence-corrected chi connectivity index (χ3v) is 5.48. The standard InChI is InChI=1S/C14H21N3O2/c15-8-14(18)11-6-16-3-4-17(7-11)10-13(14,9-16)12-2-1-5-19-12/h1-2,5,11,18H,3-4,6-10,15H2. The summed E-state index contributed by atoms with van der Waals surface area (Å²) in [7, 11) is 0. The maximum absolute atomic E-state index is 11.3. The number of furan rings is 1. The highest BCUT2D eigenvalue weighted by atomic mass is 16.3. The number of piperidine rings is 2. The summed E-state index contributed by atoms with van der Waals surface area (Å²) in [5.41, 5.74) is 4.78. The molecule has 5 nitrogen and oxygen atoms in total. The van der Waals surface area contributed by atoms with Crippen molar-refractivity contribution in [2.45, 2.75) is 11.0 Å². The average Bonchev–Trinajstić information content (AvgIpc) is 2.81. The van der Waals surface area contributed by atoms with Crippen molar-refractivity contribution in [3.05, 3.63) is 24.2 Å². The Labute approximate surface area is 113 Å². The van der Waals surface area contributed by atoms with Crippen LogP contribution in [0.1, 0.15) is 5.76 Å². The minimum Gasteiger partial charge on any atom is -0.469 e. The van der Waals surface area contributed by atoms with E-state index in [9.17, 15) is 5.11 Å². The Morgan fingerprint density at radius 3 is 2.53 bits per heavy atom. The fourth-order valence-corrected chi connectivity index (χ4v) is 4.50. The van der Waals surface area contributed by atoms with E-state index >= 15 is 0 Å². The molecule has 3 N–H and O–H groups in total. The van der Waals surface area contributed by atoms with Gasteiger partial charge in [-0.3, -0.25) is 0 Å². The Hall–Kier alpha value is -0.880. The van der Waals surface area contributed by atoms with Gasteiger partial charge >= 0.3 is 0 Å². The topological polar surface area (TPSA) is 65.9 Å². The molecule has 1 aromatic heterocycles. The number of rotatable bonds is 2. The van der Waals surface area contributed by atoms with Crippen LogP contribution in [0.15, 0.2) is 22.8 Å². The minimum atomic E-state index is -0.845. The Morgan fingerprint density at radius 2 is 2.00 bits per heavy atom. The van der Waals surface area contributed by atoms with Crippen LogP contribution in [0.5, 0.6) is 0 Å². The fourth-order valence-electron chi connectivity index (χ4n) is 4.50. The van der Waals surface area contributed by atoms with E-state index in [4.69, 9.17) is 10.2 Å². The van der Waals surface area contributed by atoms with Crippen LogP contribution >= 0.6 is 0 Å². The summed E-state index contributed by atoms with van der Waals surface area (Å²) in [5.74, 6) is 1.11. The van der Waals surface area contributed by atoms with Crippen molar-refractivity contribution in [1.29, 1.82) is 0 Å². The summed E-state index contributed by atoms with van der Waals surface area (Å²) < 4.78 is 5.70. The molecule has 5 heterocycles. The molecule has 0 amide bonds. The van der Waals surface area contributed by atoms with E-state index in [1.807, 2.05) is 12.1 Å². The molecule has 0 aromatic carbocycles. The number of fused-ring (bicyclic) bond motifs is 1. The molecule has 0 radical (unpaired) electrons. The monoisotopic (exact) mass is 263 g/mol. The van der Waals surface area contributed by atoms with Crippen LogP contribution in [0.25, 0.3) is 0 Å². The maximum Gasteiger partial charge on any atom is 0.115 e. The molecule has 4 fully saturated rings. The minimum absolute atomic E-state index is 0.215. The van der Waals surface area contributed by atoms with E-state index in [0.29, 0.717) is 6.54 Å². The highest BCUT2D eigenvalue weighted by Crippen LogP contribution is 2.49. The van der Waals surface area contributed by atoms with Gasteiger partial charge in [-0.2, -0.15) is 0 Å². The molecule has 19 heavy (non-hydrogen) atoms. The molecule has 4 aliphatic heterocycles. The zero-order valence-electron chi connectivity index (χ0n) is 11.1. The third-order valence-electron chi connectivity index (χ3n) is 5.48. The van der Waals surface area contributed by atoms with Crippen LogP contribution in [0.4, 0.5) is 0 Å². The van der Waals surface area contributed by atoms with Gasteiger partial charge in [-0.1, -0.05) is 0 Å². The predicted molar refractivity (Wildman–Crippen MR) is 70.8 cm³/mol. The molecule has 0 spiro atoms. The van der Waals surface area contributed by atoms with Crippen molar-refractivity contribution >= 4 is 0 Å². The van der Waals surface area contributed by atoms with Crippen LogP contribution in [0.2, 0.25) is 0 Å². The molecular weight excluding hydrogens is 242 g/mol. The zero-order chi connectivity index (χ0) is 13.1. The van der Waals surface area contributed by atoms with E-state index in [1.165, 1.54) is 0 Å². The predicted octanol–water partition coefficient (Wildman–Crippen LogP) is -0.532. The van der Waals surface area contributed by atoms with Crippen LogP contribution in [-0.2, 0) is 5.41 Å². The van der Waals surface area contributed by atoms with Gasteiger partial charge in [0.25, 0.3) is 0 Å². The molecule has 0 aliphatic carbocycles. The molecule has 104 valence electrons. The van der Waals surface area contributed by atoms with Gasteiger partial charge < -0.3 is 25.1 Å². The van der Waals surface area contributed by atoms with Gasteiger partial charge in [-0.05, 0) is 12.1 Å². The largest absolute Gasteiger partial charge is 0.469 e. The lowest BCUT2D eigenvalue weighted by atomic mass is 9.59. The van der Waals surface area contributed by atoms with Gasteiger partial charge in [-0.15, -0.1) is 0 Å². The first-order valence-corrected chi connectivity index (χ1v) is 7.09. The van der Waals surface area contributed by atoms with E-state index in [2.05, 4.69) is 9.80 Å². The summed E-state index contributed by atoms with van der Waals surface area (Å²) in [6.45, 7) is 6.07. The van der Waals surface area contributed by atoms with E-state index < -0.39 is 5.60 Å². The van der Waals surface area contributed by atoms with Crippen molar-refractivity contribution in [2.75, 3.05) is 45.8 Å². The molecule has 5 rings (SSSR count). The van der Waals surface area contributed by atoms with Gasteiger partial charge in [0.1, 0.15) is 5.76 Å². The highest BCUT2D eigenvalue weighted by Gasteiger charge is 2.64. The normalized spacial score (nSPS) is 48.4. The molecule has 3 atom stereocenters. The molecule has 3 unspecified atom stereocenters. The van der Waals surface area contributed by atoms with Gasteiger partial charge in [0.05, 0.1) is 17.3 Å². The fraction of sp³-hybridized carbons (Fsp3) is 0.714. The van der Waals surface area contributed by atoms with Gasteiger partial charge in [-0.25, -0.2) is 0 Å². The second-order valence-corrected chi connectivity index (χ2v) is 6.35. The van der Waals surface area contributed by atoms with Crippen molar-refractivity contribution in [3.8, 4) is 0 Å². The van der Waals surface area contributed by atoms with Crippen LogP contribution in [0.3, 0.4) is 0 Å². The van der Waals surface area contributed by atoms with E-state index in [1.54, 1.807) is 6.26 Å².